The Hall–Kier alpha value is -2.04. The van der Waals surface area contributed by atoms with Crippen molar-refractivity contribution >= 4 is 11.8 Å². The molecule has 3 aliphatic heterocycles. The quantitative estimate of drug-likeness (QED) is 0.780. The number of ether oxygens (including phenoxy) is 1. The monoisotopic (exact) mass is 316 g/mol. The first kappa shape index (κ1) is 15.8. The van der Waals surface area contributed by atoms with Crippen molar-refractivity contribution in [2.45, 2.75) is 31.7 Å². The highest BCUT2D eigenvalue weighted by Crippen LogP contribution is 2.28. The summed E-state index contributed by atoms with van der Waals surface area (Å²) in [6.45, 7) is 1.80. The lowest BCUT2D eigenvalue weighted by molar-refractivity contribution is -0.138. The van der Waals surface area contributed by atoms with Crippen molar-refractivity contribution in [2.75, 3.05) is 26.7 Å². The first-order valence-electron chi connectivity index (χ1n) is 8.37. The van der Waals surface area contributed by atoms with E-state index in [1.807, 2.05) is 47.2 Å². The number of rotatable bonds is 5. The van der Waals surface area contributed by atoms with E-state index in [9.17, 15) is 9.59 Å². The molecule has 2 atom stereocenters. The van der Waals surface area contributed by atoms with Gasteiger partial charge in [0, 0.05) is 32.6 Å². The van der Waals surface area contributed by atoms with E-state index in [4.69, 9.17) is 4.74 Å². The summed E-state index contributed by atoms with van der Waals surface area (Å²) in [4.78, 5) is 28.3. The second kappa shape index (κ2) is 7.02. The molecule has 0 radical (unpaired) electrons. The summed E-state index contributed by atoms with van der Waals surface area (Å²) in [5, 5.41) is 0. The fraction of sp³-hybridized carbons (Fsp3) is 0.556. The number of amides is 2. The van der Waals surface area contributed by atoms with Crippen LogP contribution in [0.25, 0.3) is 0 Å². The van der Waals surface area contributed by atoms with Crippen LogP contribution in [0.1, 0.15) is 25.7 Å². The number of likely N-dealkylation sites (N-methyl/N-ethyl adjacent to an activating group) is 1. The van der Waals surface area contributed by atoms with Crippen LogP contribution in [0.15, 0.2) is 30.3 Å². The van der Waals surface area contributed by atoms with Crippen molar-refractivity contribution in [1.82, 2.24) is 9.80 Å². The first-order chi connectivity index (χ1) is 11.1. The molecular weight excluding hydrogens is 292 g/mol. The normalized spacial score (nSPS) is 23.8. The van der Waals surface area contributed by atoms with Gasteiger partial charge in [-0.3, -0.25) is 9.59 Å². The van der Waals surface area contributed by atoms with Gasteiger partial charge in [0.15, 0.2) is 0 Å². The minimum Gasteiger partial charge on any atom is -0.494 e. The summed E-state index contributed by atoms with van der Waals surface area (Å²) in [5.41, 5.74) is 0. The number of benzene rings is 1. The fourth-order valence-electron chi connectivity index (χ4n) is 3.45. The second-order valence-corrected chi connectivity index (χ2v) is 6.44. The highest BCUT2D eigenvalue weighted by atomic mass is 16.5. The Bertz CT molecular complexity index is 561. The van der Waals surface area contributed by atoms with Crippen molar-refractivity contribution < 1.29 is 14.3 Å². The van der Waals surface area contributed by atoms with E-state index in [1.54, 1.807) is 0 Å². The molecular formula is C18H24N2O3. The van der Waals surface area contributed by atoms with E-state index in [1.165, 1.54) is 0 Å². The number of carbonyl (C=O) groups is 2. The smallest absolute Gasteiger partial charge is 0.227 e. The molecule has 0 unspecified atom stereocenters. The van der Waals surface area contributed by atoms with E-state index < -0.39 is 0 Å². The molecule has 5 nitrogen and oxygen atoms in total. The molecule has 0 spiro atoms. The molecule has 124 valence electrons. The Kier molecular flexibility index (Phi) is 4.84. The molecule has 0 aliphatic carbocycles. The number of carbonyl (C=O) groups excluding carboxylic acids is 2. The third kappa shape index (κ3) is 3.66. The summed E-state index contributed by atoms with van der Waals surface area (Å²) in [6.07, 6.45) is 3.09. The summed E-state index contributed by atoms with van der Waals surface area (Å²) < 4.78 is 5.62. The van der Waals surface area contributed by atoms with Crippen LogP contribution in [0.5, 0.6) is 5.75 Å². The van der Waals surface area contributed by atoms with Crippen LogP contribution in [0.2, 0.25) is 0 Å². The maximum absolute atomic E-state index is 12.4. The van der Waals surface area contributed by atoms with Gasteiger partial charge in [-0.1, -0.05) is 18.2 Å². The number of hydrogen-bond donors (Lipinski definition) is 0. The van der Waals surface area contributed by atoms with Crippen LogP contribution >= 0.6 is 0 Å². The van der Waals surface area contributed by atoms with Crippen LogP contribution in [0, 0.1) is 5.92 Å². The van der Waals surface area contributed by atoms with Crippen LogP contribution < -0.4 is 4.74 Å². The van der Waals surface area contributed by atoms with Crippen molar-refractivity contribution in [1.29, 1.82) is 0 Å². The maximum Gasteiger partial charge on any atom is 0.227 e. The number of hydrogen-bond acceptors (Lipinski definition) is 3. The molecule has 0 saturated carbocycles. The van der Waals surface area contributed by atoms with E-state index in [0.717, 1.165) is 18.6 Å². The molecule has 3 heterocycles. The topological polar surface area (TPSA) is 49.9 Å². The molecule has 1 aromatic carbocycles. The number of nitrogens with zero attached hydrogens (tertiary/aromatic N) is 2. The minimum atomic E-state index is -0.0109. The summed E-state index contributed by atoms with van der Waals surface area (Å²) >= 11 is 0. The van der Waals surface area contributed by atoms with Crippen molar-refractivity contribution in [3.05, 3.63) is 30.3 Å². The Labute approximate surface area is 137 Å². The predicted octanol–water partition coefficient (Wildman–Crippen LogP) is 1.92. The van der Waals surface area contributed by atoms with Gasteiger partial charge in [-0.25, -0.2) is 0 Å². The molecule has 1 aromatic rings. The third-order valence-electron chi connectivity index (χ3n) is 4.86. The molecule has 4 rings (SSSR count). The zero-order chi connectivity index (χ0) is 16.2. The summed E-state index contributed by atoms with van der Waals surface area (Å²) in [7, 11) is 1.86. The van der Waals surface area contributed by atoms with Crippen molar-refractivity contribution in [3.63, 3.8) is 0 Å². The van der Waals surface area contributed by atoms with Crippen LogP contribution in [-0.4, -0.2) is 54.4 Å². The van der Waals surface area contributed by atoms with E-state index >= 15 is 0 Å². The second-order valence-electron chi connectivity index (χ2n) is 6.44. The lowest BCUT2D eigenvalue weighted by Gasteiger charge is -2.32. The number of piperidine rings is 1. The van der Waals surface area contributed by atoms with Gasteiger partial charge in [0.05, 0.1) is 12.5 Å². The van der Waals surface area contributed by atoms with E-state index in [-0.39, 0.29) is 23.8 Å². The Balaban J connectivity index is 1.46. The minimum absolute atomic E-state index is 0.0109. The molecule has 23 heavy (non-hydrogen) atoms. The number of fused-ring (bicyclic) bond motifs is 4. The molecule has 2 bridgehead atoms. The van der Waals surface area contributed by atoms with Gasteiger partial charge in [-0.15, -0.1) is 0 Å². The summed E-state index contributed by atoms with van der Waals surface area (Å²) in [6, 6.07) is 9.82. The maximum atomic E-state index is 12.4. The van der Waals surface area contributed by atoms with Crippen LogP contribution in [-0.2, 0) is 9.59 Å². The van der Waals surface area contributed by atoms with Gasteiger partial charge in [0.2, 0.25) is 11.8 Å². The highest BCUT2D eigenvalue weighted by molar-refractivity contribution is 5.83. The highest BCUT2D eigenvalue weighted by Gasteiger charge is 2.39. The van der Waals surface area contributed by atoms with Gasteiger partial charge in [0.1, 0.15) is 5.75 Å². The molecule has 3 saturated heterocycles. The predicted molar refractivity (Wildman–Crippen MR) is 87.0 cm³/mol. The van der Waals surface area contributed by atoms with Gasteiger partial charge in [0.25, 0.3) is 0 Å². The lowest BCUT2D eigenvalue weighted by Crippen LogP contribution is -2.45. The van der Waals surface area contributed by atoms with Crippen molar-refractivity contribution in [2.24, 2.45) is 5.92 Å². The Morgan fingerprint density at radius 3 is 2.78 bits per heavy atom. The van der Waals surface area contributed by atoms with E-state index in [0.29, 0.717) is 32.5 Å². The molecule has 0 N–H and O–H groups in total. The zero-order valence-corrected chi connectivity index (χ0v) is 13.6. The SMILES string of the molecule is CN1C(=O)[C@@H]2CC[C@H]1CN(C(=O)CCCOc1ccccc1)C2. The van der Waals surface area contributed by atoms with Crippen molar-refractivity contribution in [3.8, 4) is 5.75 Å². The van der Waals surface area contributed by atoms with Crippen LogP contribution in [0.4, 0.5) is 0 Å². The van der Waals surface area contributed by atoms with Gasteiger partial charge >= 0.3 is 0 Å². The van der Waals surface area contributed by atoms with Gasteiger partial charge in [-0.05, 0) is 31.4 Å². The Morgan fingerprint density at radius 1 is 1.22 bits per heavy atom. The first-order valence-corrected chi connectivity index (χ1v) is 8.37. The lowest BCUT2D eigenvalue weighted by atomic mass is 9.95. The van der Waals surface area contributed by atoms with E-state index in [2.05, 4.69) is 0 Å². The Morgan fingerprint density at radius 2 is 2.00 bits per heavy atom. The average Bonchev–Trinajstić information content (AvgIpc) is 2.86. The average molecular weight is 316 g/mol. The number of para-hydroxylation sites is 1. The van der Waals surface area contributed by atoms with Crippen LogP contribution in [0.3, 0.4) is 0 Å². The molecule has 2 amide bonds. The standard InChI is InChI=1S/C18H24N2O3/c1-19-15-10-9-14(18(19)22)12-20(13-15)17(21)8-5-11-23-16-6-3-2-4-7-16/h2-4,6-7,14-15H,5,8-13H2,1H3/t14-,15+/m1/s1. The molecule has 5 heteroatoms. The molecule has 3 fully saturated rings. The van der Waals surface area contributed by atoms with Gasteiger partial charge in [-0.2, -0.15) is 0 Å². The fourth-order valence-corrected chi connectivity index (χ4v) is 3.45. The molecule has 3 aliphatic rings. The van der Waals surface area contributed by atoms with Gasteiger partial charge < -0.3 is 14.5 Å². The molecule has 0 aromatic heterocycles. The summed E-state index contributed by atoms with van der Waals surface area (Å²) in [5.74, 6) is 1.16. The third-order valence-corrected chi connectivity index (χ3v) is 4.86. The largest absolute Gasteiger partial charge is 0.494 e. The zero-order valence-electron chi connectivity index (χ0n) is 13.6.